The molecule has 1 aliphatic rings. The Balaban J connectivity index is 2.55. The molecule has 2 amide bonds. The van der Waals surface area contributed by atoms with Gasteiger partial charge in [0.05, 0.1) is 11.5 Å². The van der Waals surface area contributed by atoms with Crippen LogP contribution in [0.1, 0.15) is 33.1 Å². The van der Waals surface area contributed by atoms with E-state index in [2.05, 4.69) is 5.32 Å². The minimum Gasteiger partial charge on any atom is -0.356 e. The number of nitrogens with zero attached hydrogens (tertiary/aromatic N) is 1. The number of hydrogen-bond donors (Lipinski definition) is 1. The summed E-state index contributed by atoms with van der Waals surface area (Å²) in [6.45, 7) is 4.72. The summed E-state index contributed by atoms with van der Waals surface area (Å²) in [7, 11) is -3.02. The van der Waals surface area contributed by atoms with Crippen LogP contribution in [-0.2, 0) is 19.4 Å². The van der Waals surface area contributed by atoms with Crippen molar-refractivity contribution in [1.82, 2.24) is 10.2 Å². The predicted octanol–water partition coefficient (Wildman–Crippen LogP) is -0.0617. The smallest absolute Gasteiger partial charge is 0.232 e. The molecule has 0 saturated carbocycles. The molecule has 1 aliphatic heterocycles. The van der Waals surface area contributed by atoms with Crippen molar-refractivity contribution in [3.8, 4) is 0 Å². The molecule has 0 aromatic carbocycles. The van der Waals surface area contributed by atoms with Crippen LogP contribution >= 0.6 is 0 Å². The zero-order chi connectivity index (χ0) is 14.5. The highest BCUT2D eigenvalue weighted by atomic mass is 32.2. The van der Waals surface area contributed by atoms with E-state index in [0.717, 1.165) is 6.42 Å². The topological polar surface area (TPSA) is 83.6 Å². The highest BCUT2D eigenvalue weighted by Gasteiger charge is 2.34. The molecule has 0 aromatic rings. The average molecular weight is 290 g/mol. The third kappa shape index (κ3) is 4.81. The van der Waals surface area contributed by atoms with Gasteiger partial charge in [0, 0.05) is 19.1 Å². The van der Waals surface area contributed by atoms with E-state index in [-0.39, 0.29) is 35.8 Å². The van der Waals surface area contributed by atoms with E-state index >= 15 is 0 Å². The summed E-state index contributed by atoms with van der Waals surface area (Å²) < 4.78 is 22.9. The number of carbonyl (C=O) groups excluding carboxylic acids is 2. The SMILES string of the molecule is CCCNC(=O)CC(=O)N(CC)C1CCS(=O)(=O)C1. The molecule has 19 heavy (non-hydrogen) atoms. The molecule has 1 atom stereocenters. The van der Waals surface area contributed by atoms with Gasteiger partial charge >= 0.3 is 0 Å². The number of sulfone groups is 1. The number of rotatable bonds is 6. The molecular weight excluding hydrogens is 268 g/mol. The summed E-state index contributed by atoms with van der Waals surface area (Å²) in [5, 5.41) is 2.64. The quantitative estimate of drug-likeness (QED) is 0.695. The van der Waals surface area contributed by atoms with Crippen molar-refractivity contribution < 1.29 is 18.0 Å². The van der Waals surface area contributed by atoms with Crippen molar-refractivity contribution in [2.45, 2.75) is 39.2 Å². The first-order chi connectivity index (χ1) is 8.89. The van der Waals surface area contributed by atoms with Crippen molar-refractivity contribution in [2.24, 2.45) is 0 Å². The van der Waals surface area contributed by atoms with E-state index in [1.165, 1.54) is 4.90 Å². The van der Waals surface area contributed by atoms with Crippen LogP contribution in [0.25, 0.3) is 0 Å². The van der Waals surface area contributed by atoms with Crippen LogP contribution in [-0.4, -0.2) is 55.8 Å². The number of nitrogens with one attached hydrogen (secondary N) is 1. The van der Waals surface area contributed by atoms with Crippen LogP contribution in [0, 0.1) is 0 Å². The van der Waals surface area contributed by atoms with Crippen molar-refractivity contribution in [2.75, 3.05) is 24.6 Å². The molecule has 0 aliphatic carbocycles. The molecule has 1 rings (SSSR count). The highest BCUT2D eigenvalue weighted by molar-refractivity contribution is 7.91. The normalized spacial score (nSPS) is 21.1. The summed E-state index contributed by atoms with van der Waals surface area (Å²) >= 11 is 0. The maximum Gasteiger partial charge on any atom is 0.232 e. The third-order valence-corrected chi connectivity index (χ3v) is 4.94. The van der Waals surface area contributed by atoms with Crippen LogP contribution in [0.3, 0.4) is 0 Å². The number of hydrogen-bond acceptors (Lipinski definition) is 4. The molecule has 1 heterocycles. The van der Waals surface area contributed by atoms with Crippen LogP contribution < -0.4 is 5.32 Å². The predicted molar refractivity (Wildman–Crippen MR) is 72.4 cm³/mol. The summed E-state index contributed by atoms with van der Waals surface area (Å²) in [4.78, 5) is 25.0. The maximum absolute atomic E-state index is 12.0. The van der Waals surface area contributed by atoms with Gasteiger partial charge in [-0.3, -0.25) is 9.59 Å². The Kier molecular flexibility index (Phi) is 5.78. The molecule has 6 nitrogen and oxygen atoms in total. The summed E-state index contributed by atoms with van der Waals surface area (Å²) in [6.07, 6.45) is 1.08. The highest BCUT2D eigenvalue weighted by Crippen LogP contribution is 2.18. The largest absolute Gasteiger partial charge is 0.356 e. The van der Waals surface area contributed by atoms with E-state index in [9.17, 15) is 18.0 Å². The fourth-order valence-electron chi connectivity index (χ4n) is 2.23. The standard InChI is InChI=1S/C12H22N2O4S/c1-3-6-13-11(15)8-12(16)14(4-2)10-5-7-19(17,18)9-10/h10H,3-9H2,1-2H3,(H,13,15). The summed E-state index contributed by atoms with van der Waals surface area (Å²) in [5.41, 5.74) is 0. The van der Waals surface area contributed by atoms with Gasteiger partial charge in [-0.2, -0.15) is 0 Å². The molecule has 0 bridgehead atoms. The number of amides is 2. The monoisotopic (exact) mass is 290 g/mol. The average Bonchev–Trinajstić information content (AvgIpc) is 2.67. The van der Waals surface area contributed by atoms with Crippen LogP contribution in [0.5, 0.6) is 0 Å². The second-order valence-electron chi connectivity index (χ2n) is 4.76. The van der Waals surface area contributed by atoms with E-state index in [0.29, 0.717) is 19.5 Å². The lowest BCUT2D eigenvalue weighted by Crippen LogP contribution is -2.43. The molecule has 7 heteroatoms. The van der Waals surface area contributed by atoms with Crippen LogP contribution in [0.2, 0.25) is 0 Å². The zero-order valence-electron chi connectivity index (χ0n) is 11.5. The fraction of sp³-hybridized carbons (Fsp3) is 0.833. The first-order valence-corrected chi connectivity index (χ1v) is 8.48. The van der Waals surface area contributed by atoms with E-state index in [1.54, 1.807) is 6.92 Å². The van der Waals surface area contributed by atoms with Gasteiger partial charge in [0.25, 0.3) is 0 Å². The summed E-state index contributed by atoms with van der Waals surface area (Å²) in [6, 6.07) is -0.276. The number of carbonyl (C=O) groups is 2. The lowest BCUT2D eigenvalue weighted by atomic mass is 10.2. The molecule has 110 valence electrons. The zero-order valence-corrected chi connectivity index (χ0v) is 12.3. The lowest BCUT2D eigenvalue weighted by molar-refractivity contribution is -0.137. The Morgan fingerprint density at radius 3 is 2.47 bits per heavy atom. The minimum atomic E-state index is -3.02. The molecule has 1 fully saturated rings. The summed E-state index contributed by atoms with van der Waals surface area (Å²) in [5.74, 6) is -0.448. The van der Waals surface area contributed by atoms with Crippen molar-refractivity contribution in [3.63, 3.8) is 0 Å². The van der Waals surface area contributed by atoms with Crippen molar-refractivity contribution in [3.05, 3.63) is 0 Å². The van der Waals surface area contributed by atoms with Crippen molar-refractivity contribution >= 4 is 21.7 Å². The Labute approximate surface area is 114 Å². The van der Waals surface area contributed by atoms with Gasteiger partial charge < -0.3 is 10.2 Å². The lowest BCUT2D eigenvalue weighted by Gasteiger charge is -2.26. The van der Waals surface area contributed by atoms with E-state index < -0.39 is 9.84 Å². The molecule has 0 radical (unpaired) electrons. The van der Waals surface area contributed by atoms with Crippen molar-refractivity contribution in [1.29, 1.82) is 0 Å². The van der Waals surface area contributed by atoms with Gasteiger partial charge in [-0.1, -0.05) is 6.92 Å². The van der Waals surface area contributed by atoms with Gasteiger partial charge in [-0.05, 0) is 19.8 Å². The van der Waals surface area contributed by atoms with Crippen LogP contribution in [0.4, 0.5) is 0 Å². The molecule has 1 saturated heterocycles. The Hall–Kier alpha value is -1.11. The Morgan fingerprint density at radius 2 is 2.00 bits per heavy atom. The van der Waals surface area contributed by atoms with E-state index in [4.69, 9.17) is 0 Å². The fourth-order valence-corrected chi connectivity index (χ4v) is 3.96. The molecule has 0 spiro atoms. The third-order valence-electron chi connectivity index (χ3n) is 3.19. The maximum atomic E-state index is 12.0. The van der Waals surface area contributed by atoms with Gasteiger partial charge in [0.15, 0.2) is 9.84 Å². The Morgan fingerprint density at radius 1 is 1.32 bits per heavy atom. The second kappa shape index (κ2) is 6.88. The van der Waals surface area contributed by atoms with Crippen LogP contribution in [0.15, 0.2) is 0 Å². The van der Waals surface area contributed by atoms with E-state index in [1.807, 2.05) is 6.92 Å². The van der Waals surface area contributed by atoms with Gasteiger partial charge in [-0.25, -0.2) is 8.42 Å². The molecule has 1 unspecified atom stereocenters. The van der Waals surface area contributed by atoms with Gasteiger partial charge in [0.1, 0.15) is 6.42 Å². The molecule has 1 N–H and O–H groups in total. The van der Waals surface area contributed by atoms with Gasteiger partial charge in [-0.15, -0.1) is 0 Å². The first-order valence-electron chi connectivity index (χ1n) is 6.66. The van der Waals surface area contributed by atoms with Gasteiger partial charge in [0.2, 0.25) is 11.8 Å². The molecule has 0 aromatic heterocycles. The Bertz CT molecular complexity index is 433. The second-order valence-corrected chi connectivity index (χ2v) is 6.99. The molecular formula is C12H22N2O4S. The first kappa shape index (κ1) is 15.9. The minimum absolute atomic E-state index is 0.0170.